The number of hydrogen-bond donors (Lipinski definition) is 2. The molecule has 1 unspecified atom stereocenters. The standard InChI is InChI=1S/C13H14FNO3/c1-2-5-11(13(17)18)15-12(16)8-9-6-3-4-7-10(9)14/h2-4,6-7,11H,1,5,8H2,(H,15,16)(H,17,18). The van der Waals surface area contributed by atoms with E-state index in [1.165, 1.54) is 24.3 Å². The number of carbonyl (C=O) groups excluding carboxylic acids is 1. The van der Waals surface area contributed by atoms with E-state index in [1.54, 1.807) is 6.07 Å². The van der Waals surface area contributed by atoms with Crippen LogP contribution < -0.4 is 5.32 Å². The van der Waals surface area contributed by atoms with Gasteiger partial charge < -0.3 is 10.4 Å². The number of nitrogens with one attached hydrogen (secondary N) is 1. The number of carboxylic acids is 1. The van der Waals surface area contributed by atoms with Gasteiger partial charge in [0, 0.05) is 0 Å². The van der Waals surface area contributed by atoms with Gasteiger partial charge in [-0.05, 0) is 18.1 Å². The Morgan fingerprint density at radius 3 is 2.67 bits per heavy atom. The molecule has 0 aliphatic heterocycles. The average Bonchev–Trinajstić information content (AvgIpc) is 2.31. The molecule has 0 aliphatic rings. The van der Waals surface area contributed by atoms with E-state index in [4.69, 9.17) is 5.11 Å². The largest absolute Gasteiger partial charge is 0.480 e. The molecular weight excluding hydrogens is 237 g/mol. The minimum absolute atomic E-state index is 0.123. The van der Waals surface area contributed by atoms with Crippen LogP contribution in [0.5, 0.6) is 0 Å². The van der Waals surface area contributed by atoms with E-state index in [1.807, 2.05) is 0 Å². The van der Waals surface area contributed by atoms with Crippen molar-refractivity contribution in [3.8, 4) is 0 Å². The number of aliphatic carboxylic acids is 1. The predicted octanol–water partition coefficient (Wildman–Crippen LogP) is 1.51. The molecule has 0 spiro atoms. The van der Waals surface area contributed by atoms with E-state index < -0.39 is 23.7 Å². The molecular formula is C13H14FNO3. The molecule has 0 saturated heterocycles. The van der Waals surface area contributed by atoms with Crippen LogP contribution in [0.2, 0.25) is 0 Å². The zero-order chi connectivity index (χ0) is 13.5. The fraction of sp³-hybridized carbons (Fsp3) is 0.231. The summed E-state index contributed by atoms with van der Waals surface area (Å²) in [5, 5.41) is 11.2. The predicted molar refractivity (Wildman–Crippen MR) is 64.5 cm³/mol. The Morgan fingerprint density at radius 1 is 1.44 bits per heavy atom. The zero-order valence-electron chi connectivity index (χ0n) is 9.73. The number of halogens is 1. The summed E-state index contributed by atoms with van der Waals surface area (Å²) in [5.41, 5.74) is 0.234. The van der Waals surface area contributed by atoms with E-state index in [-0.39, 0.29) is 18.4 Å². The lowest BCUT2D eigenvalue weighted by molar-refractivity contribution is -0.141. The first-order chi connectivity index (χ1) is 8.54. The first-order valence-corrected chi connectivity index (χ1v) is 5.41. The van der Waals surface area contributed by atoms with E-state index in [2.05, 4.69) is 11.9 Å². The van der Waals surface area contributed by atoms with Gasteiger partial charge in [-0.25, -0.2) is 9.18 Å². The van der Waals surface area contributed by atoms with Gasteiger partial charge in [-0.1, -0.05) is 24.3 Å². The Hall–Kier alpha value is -2.17. The topological polar surface area (TPSA) is 66.4 Å². The lowest BCUT2D eigenvalue weighted by Crippen LogP contribution is -2.41. The highest BCUT2D eigenvalue weighted by Crippen LogP contribution is 2.07. The van der Waals surface area contributed by atoms with Gasteiger partial charge in [-0.15, -0.1) is 6.58 Å². The smallest absolute Gasteiger partial charge is 0.326 e. The van der Waals surface area contributed by atoms with E-state index >= 15 is 0 Å². The molecule has 0 saturated carbocycles. The van der Waals surface area contributed by atoms with Crippen LogP contribution in [-0.4, -0.2) is 23.0 Å². The van der Waals surface area contributed by atoms with E-state index in [9.17, 15) is 14.0 Å². The van der Waals surface area contributed by atoms with Crippen molar-refractivity contribution in [2.24, 2.45) is 0 Å². The van der Waals surface area contributed by atoms with Gasteiger partial charge in [0.2, 0.25) is 5.91 Å². The molecule has 0 heterocycles. The molecule has 96 valence electrons. The number of carboxylic acid groups (broad SMARTS) is 1. The van der Waals surface area contributed by atoms with Crippen molar-refractivity contribution in [3.05, 3.63) is 48.3 Å². The van der Waals surface area contributed by atoms with Crippen LogP contribution in [0.1, 0.15) is 12.0 Å². The molecule has 0 radical (unpaired) electrons. The molecule has 18 heavy (non-hydrogen) atoms. The Morgan fingerprint density at radius 2 is 2.11 bits per heavy atom. The van der Waals surface area contributed by atoms with Crippen molar-refractivity contribution in [1.82, 2.24) is 5.32 Å². The summed E-state index contributed by atoms with van der Waals surface area (Å²) in [5.74, 6) is -2.16. The summed E-state index contributed by atoms with van der Waals surface area (Å²) in [6.07, 6.45) is 1.34. The van der Waals surface area contributed by atoms with Gasteiger partial charge in [0.15, 0.2) is 0 Å². The van der Waals surface area contributed by atoms with Crippen LogP contribution in [0.3, 0.4) is 0 Å². The number of rotatable bonds is 6. The maximum atomic E-state index is 13.3. The molecule has 0 fully saturated rings. The monoisotopic (exact) mass is 251 g/mol. The third kappa shape index (κ3) is 4.01. The minimum atomic E-state index is -1.14. The molecule has 1 amide bonds. The summed E-state index contributed by atoms with van der Waals surface area (Å²) < 4.78 is 13.3. The van der Waals surface area contributed by atoms with E-state index in [0.717, 1.165) is 0 Å². The maximum absolute atomic E-state index is 13.3. The Kier molecular flexibility index (Phi) is 5.05. The molecule has 0 aliphatic carbocycles. The summed E-state index contributed by atoms with van der Waals surface area (Å²) in [6.45, 7) is 3.41. The van der Waals surface area contributed by atoms with Crippen LogP contribution >= 0.6 is 0 Å². The highest BCUT2D eigenvalue weighted by molar-refractivity contribution is 5.84. The molecule has 0 aromatic heterocycles. The molecule has 2 N–H and O–H groups in total. The van der Waals surface area contributed by atoms with Gasteiger partial charge in [-0.3, -0.25) is 4.79 Å². The quantitative estimate of drug-likeness (QED) is 0.753. The van der Waals surface area contributed by atoms with Crippen LogP contribution in [0.15, 0.2) is 36.9 Å². The maximum Gasteiger partial charge on any atom is 0.326 e. The number of benzene rings is 1. The number of amides is 1. The number of hydrogen-bond acceptors (Lipinski definition) is 2. The average molecular weight is 251 g/mol. The summed E-state index contributed by atoms with van der Waals surface area (Å²) >= 11 is 0. The van der Waals surface area contributed by atoms with Gasteiger partial charge in [0.25, 0.3) is 0 Å². The van der Waals surface area contributed by atoms with Gasteiger partial charge in [0.05, 0.1) is 6.42 Å². The van der Waals surface area contributed by atoms with Crippen molar-refractivity contribution in [1.29, 1.82) is 0 Å². The van der Waals surface area contributed by atoms with Gasteiger partial charge in [-0.2, -0.15) is 0 Å². The second-order valence-corrected chi connectivity index (χ2v) is 3.75. The Labute approximate surface area is 104 Å². The molecule has 4 nitrogen and oxygen atoms in total. The van der Waals surface area contributed by atoms with Crippen molar-refractivity contribution < 1.29 is 19.1 Å². The fourth-order valence-corrected chi connectivity index (χ4v) is 1.45. The van der Waals surface area contributed by atoms with Crippen molar-refractivity contribution >= 4 is 11.9 Å². The zero-order valence-corrected chi connectivity index (χ0v) is 9.73. The summed E-state index contributed by atoms with van der Waals surface area (Å²) in [6, 6.07) is 4.85. The van der Waals surface area contributed by atoms with Crippen molar-refractivity contribution in [2.45, 2.75) is 18.9 Å². The van der Waals surface area contributed by atoms with Crippen LogP contribution in [-0.2, 0) is 16.0 Å². The number of carbonyl (C=O) groups is 2. The lowest BCUT2D eigenvalue weighted by atomic mass is 10.1. The van der Waals surface area contributed by atoms with Crippen molar-refractivity contribution in [3.63, 3.8) is 0 Å². The molecule has 5 heteroatoms. The molecule has 1 atom stereocenters. The summed E-state index contributed by atoms with van der Waals surface area (Å²) in [7, 11) is 0. The Bertz CT molecular complexity index is 459. The normalized spacial score (nSPS) is 11.6. The highest BCUT2D eigenvalue weighted by atomic mass is 19.1. The third-order valence-electron chi connectivity index (χ3n) is 2.34. The van der Waals surface area contributed by atoms with Crippen LogP contribution in [0, 0.1) is 5.82 Å². The SMILES string of the molecule is C=CCC(NC(=O)Cc1ccccc1F)C(=O)O. The van der Waals surface area contributed by atoms with Crippen LogP contribution in [0.25, 0.3) is 0 Å². The molecule has 0 bridgehead atoms. The van der Waals surface area contributed by atoms with Gasteiger partial charge >= 0.3 is 5.97 Å². The molecule has 1 aromatic carbocycles. The fourth-order valence-electron chi connectivity index (χ4n) is 1.45. The summed E-state index contributed by atoms with van der Waals surface area (Å²) in [4.78, 5) is 22.4. The van der Waals surface area contributed by atoms with Crippen molar-refractivity contribution in [2.75, 3.05) is 0 Å². The molecule has 1 aromatic rings. The molecule has 1 rings (SSSR count). The minimum Gasteiger partial charge on any atom is -0.480 e. The Balaban J connectivity index is 2.63. The van der Waals surface area contributed by atoms with E-state index in [0.29, 0.717) is 0 Å². The second kappa shape index (κ2) is 6.54. The second-order valence-electron chi connectivity index (χ2n) is 3.75. The lowest BCUT2D eigenvalue weighted by Gasteiger charge is -2.12. The highest BCUT2D eigenvalue weighted by Gasteiger charge is 2.18. The van der Waals surface area contributed by atoms with Gasteiger partial charge in [0.1, 0.15) is 11.9 Å². The first-order valence-electron chi connectivity index (χ1n) is 5.41. The third-order valence-corrected chi connectivity index (χ3v) is 2.34. The van der Waals surface area contributed by atoms with Crippen LogP contribution in [0.4, 0.5) is 4.39 Å². The first kappa shape index (κ1) is 13.9.